The molecule has 6 heteroatoms. The number of hydrogen-bond acceptors (Lipinski definition) is 3. The highest BCUT2D eigenvalue weighted by atomic mass is 16.4. The van der Waals surface area contributed by atoms with Crippen molar-refractivity contribution in [2.45, 2.75) is 6.42 Å². The Kier molecular flexibility index (Phi) is 3.50. The van der Waals surface area contributed by atoms with E-state index in [4.69, 9.17) is 5.11 Å². The normalized spacial score (nSPS) is 15.8. The summed E-state index contributed by atoms with van der Waals surface area (Å²) in [7, 11) is 1.58. The van der Waals surface area contributed by atoms with Crippen LogP contribution in [0.15, 0.2) is 24.3 Å². The second kappa shape index (κ2) is 5.09. The lowest BCUT2D eigenvalue weighted by Gasteiger charge is -2.31. The van der Waals surface area contributed by atoms with Crippen LogP contribution in [0.2, 0.25) is 0 Å². The van der Waals surface area contributed by atoms with Crippen LogP contribution in [0.25, 0.3) is 0 Å². The van der Waals surface area contributed by atoms with E-state index in [0.717, 1.165) is 0 Å². The van der Waals surface area contributed by atoms with Crippen molar-refractivity contribution in [3.8, 4) is 0 Å². The van der Waals surface area contributed by atoms with Crippen LogP contribution in [0.3, 0.4) is 0 Å². The van der Waals surface area contributed by atoms with E-state index in [9.17, 15) is 14.4 Å². The van der Waals surface area contributed by atoms with E-state index in [1.807, 2.05) is 0 Å². The number of piperazine rings is 1. The molecule has 1 heterocycles. The monoisotopic (exact) mass is 262 g/mol. The maximum absolute atomic E-state index is 11.9. The van der Waals surface area contributed by atoms with E-state index in [2.05, 4.69) is 0 Å². The summed E-state index contributed by atoms with van der Waals surface area (Å²) in [6, 6.07) is 6.69. The van der Waals surface area contributed by atoms with Gasteiger partial charge in [-0.2, -0.15) is 0 Å². The van der Waals surface area contributed by atoms with Gasteiger partial charge in [0.25, 0.3) is 0 Å². The fourth-order valence-corrected chi connectivity index (χ4v) is 1.99. The van der Waals surface area contributed by atoms with Crippen LogP contribution in [0.4, 0.5) is 5.69 Å². The van der Waals surface area contributed by atoms with Crippen molar-refractivity contribution in [1.82, 2.24) is 4.90 Å². The molecule has 1 aliphatic rings. The highest BCUT2D eigenvalue weighted by molar-refractivity contribution is 6.40. The minimum Gasteiger partial charge on any atom is -0.481 e. The third kappa shape index (κ3) is 2.73. The Bertz CT molecular complexity index is 541. The van der Waals surface area contributed by atoms with Crippen molar-refractivity contribution in [2.24, 2.45) is 0 Å². The van der Waals surface area contributed by atoms with Gasteiger partial charge in [0, 0.05) is 25.8 Å². The van der Waals surface area contributed by atoms with Gasteiger partial charge in [-0.3, -0.25) is 14.4 Å². The summed E-state index contributed by atoms with van der Waals surface area (Å²) in [6.45, 7) is 0.880. The number of nitrogens with zero attached hydrogens (tertiary/aromatic N) is 2. The molecule has 1 aromatic rings. The molecule has 0 atom stereocenters. The van der Waals surface area contributed by atoms with Gasteiger partial charge in [0.15, 0.2) is 0 Å². The number of benzene rings is 1. The van der Waals surface area contributed by atoms with Gasteiger partial charge in [-0.05, 0) is 17.7 Å². The predicted octanol–water partition coefficient (Wildman–Crippen LogP) is 0.119. The molecule has 0 spiro atoms. The maximum atomic E-state index is 11.9. The first-order valence-corrected chi connectivity index (χ1v) is 5.86. The molecule has 0 aromatic heterocycles. The third-order valence-electron chi connectivity index (χ3n) is 3.01. The number of carboxylic acid groups (broad SMARTS) is 1. The van der Waals surface area contributed by atoms with E-state index in [-0.39, 0.29) is 6.42 Å². The average molecular weight is 262 g/mol. The van der Waals surface area contributed by atoms with Crippen LogP contribution in [0.5, 0.6) is 0 Å². The van der Waals surface area contributed by atoms with Gasteiger partial charge in [-0.1, -0.05) is 12.1 Å². The number of anilines is 1. The summed E-state index contributed by atoms with van der Waals surface area (Å²) in [4.78, 5) is 36.9. The number of carbonyl (C=O) groups excluding carboxylic acids is 2. The van der Waals surface area contributed by atoms with Gasteiger partial charge in [-0.15, -0.1) is 0 Å². The van der Waals surface area contributed by atoms with Gasteiger partial charge < -0.3 is 14.9 Å². The Labute approximate surface area is 110 Å². The predicted molar refractivity (Wildman–Crippen MR) is 67.8 cm³/mol. The lowest BCUT2D eigenvalue weighted by molar-refractivity contribution is -0.145. The summed E-state index contributed by atoms with van der Waals surface area (Å²) in [5.74, 6) is -2.06. The van der Waals surface area contributed by atoms with E-state index < -0.39 is 17.8 Å². The van der Waals surface area contributed by atoms with E-state index >= 15 is 0 Å². The molecule has 1 fully saturated rings. The zero-order valence-corrected chi connectivity index (χ0v) is 10.5. The van der Waals surface area contributed by atoms with Gasteiger partial charge in [0.05, 0.1) is 6.42 Å². The second-order valence-corrected chi connectivity index (χ2v) is 4.42. The molecule has 1 aromatic carbocycles. The molecule has 19 heavy (non-hydrogen) atoms. The van der Waals surface area contributed by atoms with Crippen LogP contribution in [0.1, 0.15) is 5.56 Å². The lowest BCUT2D eigenvalue weighted by atomic mass is 10.1. The standard InChI is InChI=1S/C13H14N2O4/c1-14-5-6-15(13(19)12(14)18)10-4-2-3-9(7-10)8-11(16)17/h2-4,7H,5-6,8H2,1H3,(H,16,17). The van der Waals surface area contributed by atoms with E-state index in [0.29, 0.717) is 24.3 Å². The fraction of sp³-hybridized carbons (Fsp3) is 0.308. The first kappa shape index (κ1) is 13.1. The first-order chi connectivity index (χ1) is 8.99. The molecule has 100 valence electrons. The minimum atomic E-state index is -0.932. The Morgan fingerprint density at radius 1 is 1.26 bits per heavy atom. The van der Waals surface area contributed by atoms with Crippen LogP contribution in [0, 0.1) is 0 Å². The Morgan fingerprint density at radius 3 is 2.68 bits per heavy atom. The van der Waals surface area contributed by atoms with Gasteiger partial charge in [0.1, 0.15) is 0 Å². The zero-order valence-electron chi connectivity index (χ0n) is 10.5. The number of rotatable bonds is 3. The summed E-state index contributed by atoms with van der Waals surface area (Å²) in [5, 5.41) is 8.76. The summed E-state index contributed by atoms with van der Waals surface area (Å²) in [6.07, 6.45) is -0.107. The highest BCUT2D eigenvalue weighted by Crippen LogP contribution is 2.19. The van der Waals surface area contributed by atoms with Crippen molar-refractivity contribution < 1.29 is 19.5 Å². The number of hydrogen-bond donors (Lipinski definition) is 1. The van der Waals surface area contributed by atoms with Gasteiger partial charge in [-0.25, -0.2) is 0 Å². The second-order valence-electron chi connectivity index (χ2n) is 4.42. The fourth-order valence-electron chi connectivity index (χ4n) is 1.99. The average Bonchev–Trinajstić information content (AvgIpc) is 2.36. The molecule has 0 saturated carbocycles. The Balaban J connectivity index is 2.24. The van der Waals surface area contributed by atoms with Gasteiger partial charge in [0.2, 0.25) is 0 Å². The molecule has 1 saturated heterocycles. The molecule has 2 rings (SSSR count). The first-order valence-electron chi connectivity index (χ1n) is 5.86. The highest BCUT2D eigenvalue weighted by Gasteiger charge is 2.31. The topological polar surface area (TPSA) is 77.9 Å². The van der Waals surface area contributed by atoms with Crippen LogP contribution < -0.4 is 4.90 Å². The maximum Gasteiger partial charge on any atom is 0.316 e. The van der Waals surface area contributed by atoms with Crippen molar-refractivity contribution in [3.63, 3.8) is 0 Å². The molecule has 0 radical (unpaired) electrons. The van der Waals surface area contributed by atoms with Crippen molar-refractivity contribution in [1.29, 1.82) is 0 Å². The summed E-state index contributed by atoms with van der Waals surface area (Å²) >= 11 is 0. The zero-order chi connectivity index (χ0) is 14.0. The number of aliphatic carboxylic acids is 1. The van der Waals surface area contributed by atoms with Crippen LogP contribution in [-0.4, -0.2) is 47.9 Å². The van der Waals surface area contributed by atoms with Crippen molar-refractivity contribution in [2.75, 3.05) is 25.0 Å². The molecule has 1 aliphatic heterocycles. The lowest BCUT2D eigenvalue weighted by Crippen LogP contribution is -2.53. The molecule has 1 N–H and O–H groups in total. The number of carboxylic acids is 1. The molecule has 2 amide bonds. The molecule has 6 nitrogen and oxygen atoms in total. The molecule has 0 aliphatic carbocycles. The Morgan fingerprint density at radius 2 is 2.00 bits per heavy atom. The van der Waals surface area contributed by atoms with E-state index in [1.54, 1.807) is 31.3 Å². The van der Waals surface area contributed by atoms with Crippen molar-refractivity contribution >= 4 is 23.5 Å². The SMILES string of the molecule is CN1CCN(c2cccc(CC(=O)O)c2)C(=O)C1=O. The smallest absolute Gasteiger partial charge is 0.316 e. The van der Waals surface area contributed by atoms with E-state index in [1.165, 1.54) is 9.80 Å². The largest absolute Gasteiger partial charge is 0.481 e. The number of carbonyl (C=O) groups is 3. The Hall–Kier alpha value is -2.37. The third-order valence-corrected chi connectivity index (χ3v) is 3.01. The van der Waals surface area contributed by atoms with Crippen LogP contribution >= 0.6 is 0 Å². The molecule has 0 unspecified atom stereocenters. The molecule has 0 bridgehead atoms. The molecular formula is C13H14N2O4. The van der Waals surface area contributed by atoms with Crippen molar-refractivity contribution in [3.05, 3.63) is 29.8 Å². The van der Waals surface area contributed by atoms with Crippen LogP contribution in [-0.2, 0) is 20.8 Å². The number of likely N-dealkylation sites (N-methyl/N-ethyl adjacent to an activating group) is 1. The summed E-state index contributed by atoms with van der Waals surface area (Å²) in [5.41, 5.74) is 1.16. The minimum absolute atomic E-state index is 0.107. The quantitative estimate of drug-likeness (QED) is 0.785. The number of amides is 2. The van der Waals surface area contributed by atoms with Gasteiger partial charge >= 0.3 is 17.8 Å². The summed E-state index contributed by atoms with van der Waals surface area (Å²) < 4.78 is 0. The molecular weight excluding hydrogens is 248 g/mol.